The van der Waals surface area contributed by atoms with Crippen LogP contribution in [0.2, 0.25) is 0 Å². The topological polar surface area (TPSA) is 83.7 Å². The van der Waals surface area contributed by atoms with Gasteiger partial charge in [0, 0.05) is 25.2 Å². The van der Waals surface area contributed by atoms with E-state index in [9.17, 15) is 19.3 Å². The van der Waals surface area contributed by atoms with Gasteiger partial charge in [0.15, 0.2) is 0 Å². The lowest BCUT2D eigenvalue weighted by atomic mass is 9.94. The molecule has 0 amide bonds. The lowest BCUT2D eigenvalue weighted by molar-refractivity contribution is -0.384. The number of hydrogen-bond acceptors (Lipinski definition) is 4. The number of aromatic carboxylic acids is 1. The van der Waals surface area contributed by atoms with Crippen LogP contribution in [-0.2, 0) is 0 Å². The van der Waals surface area contributed by atoms with Crippen LogP contribution in [-0.4, -0.2) is 29.1 Å². The number of anilines is 1. The Morgan fingerprint density at radius 2 is 2.10 bits per heavy atom. The number of rotatable bonds is 4. The zero-order valence-corrected chi connectivity index (χ0v) is 11.7. The molecule has 21 heavy (non-hydrogen) atoms. The van der Waals surface area contributed by atoms with Crippen molar-refractivity contribution in [1.29, 1.82) is 0 Å². The number of benzene rings is 1. The van der Waals surface area contributed by atoms with Crippen LogP contribution in [0.4, 0.5) is 15.8 Å². The summed E-state index contributed by atoms with van der Waals surface area (Å²) < 4.78 is 13.8. The Hall–Kier alpha value is -2.18. The second-order valence-electron chi connectivity index (χ2n) is 5.22. The lowest BCUT2D eigenvalue weighted by Crippen LogP contribution is -2.34. The van der Waals surface area contributed by atoms with Crippen molar-refractivity contribution in [2.24, 2.45) is 5.92 Å². The first-order valence-corrected chi connectivity index (χ1v) is 6.90. The van der Waals surface area contributed by atoms with Crippen molar-refractivity contribution in [3.63, 3.8) is 0 Å². The van der Waals surface area contributed by atoms with Crippen molar-refractivity contribution in [3.05, 3.63) is 33.6 Å². The molecule has 0 atom stereocenters. The quantitative estimate of drug-likeness (QED) is 0.682. The van der Waals surface area contributed by atoms with Crippen molar-refractivity contribution in [2.75, 3.05) is 18.0 Å². The van der Waals surface area contributed by atoms with Crippen LogP contribution in [0.5, 0.6) is 0 Å². The summed E-state index contributed by atoms with van der Waals surface area (Å²) in [5.41, 5.74) is -0.866. The minimum absolute atomic E-state index is 0.164. The van der Waals surface area contributed by atoms with E-state index in [2.05, 4.69) is 6.92 Å². The van der Waals surface area contributed by atoms with Crippen LogP contribution < -0.4 is 4.90 Å². The first-order valence-electron chi connectivity index (χ1n) is 6.90. The molecule has 1 fully saturated rings. The molecule has 1 aliphatic heterocycles. The highest BCUT2D eigenvalue weighted by Gasteiger charge is 2.27. The average Bonchev–Trinajstić information content (AvgIpc) is 2.46. The summed E-state index contributed by atoms with van der Waals surface area (Å²) in [4.78, 5) is 23.1. The van der Waals surface area contributed by atoms with Gasteiger partial charge in [-0.25, -0.2) is 9.18 Å². The van der Waals surface area contributed by atoms with E-state index in [1.54, 1.807) is 4.90 Å². The van der Waals surface area contributed by atoms with Crippen LogP contribution in [0.25, 0.3) is 0 Å². The van der Waals surface area contributed by atoms with Gasteiger partial charge in [-0.15, -0.1) is 0 Å². The Morgan fingerprint density at radius 3 is 2.57 bits per heavy atom. The van der Waals surface area contributed by atoms with Gasteiger partial charge in [0.1, 0.15) is 17.1 Å². The van der Waals surface area contributed by atoms with E-state index >= 15 is 0 Å². The Labute approximate surface area is 121 Å². The predicted molar refractivity (Wildman–Crippen MR) is 75.2 cm³/mol. The molecule has 1 aromatic carbocycles. The van der Waals surface area contributed by atoms with Gasteiger partial charge in [-0.2, -0.15) is 0 Å². The van der Waals surface area contributed by atoms with Gasteiger partial charge in [-0.05, 0) is 18.8 Å². The number of carbonyl (C=O) groups is 1. The number of carboxylic acids is 1. The molecule has 0 bridgehead atoms. The lowest BCUT2D eigenvalue weighted by Gasteiger charge is -2.32. The minimum atomic E-state index is -1.51. The molecule has 1 saturated heterocycles. The minimum Gasteiger partial charge on any atom is -0.478 e. The second kappa shape index (κ2) is 6.07. The largest absolute Gasteiger partial charge is 0.478 e. The normalized spacial score (nSPS) is 16.0. The van der Waals surface area contributed by atoms with Crippen LogP contribution >= 0.6 is 0 Å². The Balaban J connectivity index is 2.37. The molecule has 6 nitrogen and oxygen atoms in total. The van der Waals surface area contributed by atoms with E-state index < -0.39 is 22.3 Å². The highest BCUT2D eigenvalue weighted by molar-refractivity contribution is 5.90. The smallest absolute Gasteiger partial charge is 0.338 e. The monoisotopic (exact) mass is 296 g/mol. The average molecular weight is 296 g/mol. The first kappa shape index (κ1) is 15.2. The molecular formula is C14H17FN2O4. The molecule has 0 saturated carbocycles. The fourth-order valence-electron chi connectivity index (χ4n) is 2.70. The molecule has 0 aliphatic carbocycles. The summed E-state index contributed by atoms with van der Waals surface area (Å²) in [6, 6.07) is 1.77. The molecule has 0 radical (unpaired) electrons. The molecule has 1 aliphatic rings. The fraction of sp³-hybridized carbons (Fsp3) is 0.500. The number of nitro groups is 1. The van der Waals surface area contributed by atoms with Gasteiger partial charge in [0.05, 0.1) is 4.92 Å². The second-order valence-corrected chi connectivity index (χ2v) is 5.22. The number of nitrogens with zero attached hydrogens (tertiary/aromatic N) is 2. The van der Waals surface area contributed by atoms with Crippen molar-refractivity contribution in [1.82, 2.24) is 0 Å². The number of nitro benzene ring substituents is 1. The van der Waals surface area contributed by atoms with Crippen molar-refractivity contribution in [3.8, 4) is 0 Å². The molecule has 114 valence electrons. The maximum atomic E-state index is 13.8. The third-order valence-electron chi connectivity index (χ3n) is 4.02. The van der Waals surface area contributed by atoms with E-state index in [1.807, 2.05) is 0 Å². The van der Waals surface area contributed by atoms with E-state index in [0.717, 1.165) is 31.4 Å². The van der Waals surface area contributed by atoms with Crippen LogP contribution in [0.15, 0.2) is 12.1 Å². The summed E-state index contributed by atoms with van der Waals surface area (Å²) >= 11 is 0. The van der Waals surface area contributed by atoms with Crippen molar-refractivity contribution >= 4 is 17.3 Å². The van der Waals surface area contributed by atoms with E-state index in [4.69, 9.17) is 5.11 Å². The summed E-state index contributed by atoms with van der Waals surface area (Å²) in [6.07, 6.45) is 2.86. The highest BCUT2D eigenvalue weighted by Crippen LogP contribution is 2.34. The van der Waals surface area contributed by atoms with Crippen LogP contribution in [0, 0.1) is 21.8 Å². The number of halogens is 1. The highest BCUT2D eigenvalue weighted by atomic mass is 19.1. The SMILES string of the molecule is CCC1CCN(c2cc(F)c(C(=O)O)cc2[N+](=O)[O-])CC1. The summed E-state index contributed by atoms with van der Waals surface area (Å²) in [6.45, 7) is 3.33. The predicted octanol–water partition coefficient (Wildman–Crippen LogP) is 3.06. The number of hydrogen-bond donors (Lipinski definition) is 1. The van der Waals surface area contributed by atoms with Crippen LogP contribution in [0.3, 0.4) is 0 Å². The molecule has 0 unspecified atom stereocenters. The van der Waals surface area contributed by atoms with Crippen molar-refractivity contribution in [2.45, 2.75) is 26.2 Å². The maximum Gasteiger partial charge on any atom is 0.338 e. The summed E-state index contributed by atoms with van der Waals surface area (Å²) in [5, 5.41) is 20.0. The molecule has 1 N–H and O–H groups in total. The Kier molecular flexibility index (Phi) is 4.40. The third kappa shape index (κ3) is 3.12. The summed E-state index contributed by atoms with van der Waals surface area (Å²) in [5.74, 6) is -1.86. The molecule has 2 rings (SSSR count). The Bertz CT molecular complexity index is 568. The molecule has 0 spiro atoms. The van der Waals surface area contributed by atoms with Gasteiger partial charge in [0.2, 0.25) is 0 Å². The standard InChI is InChI=1S/C14H17FN2O4/c1-2-9-3-5-16(6-4-9)12-8-11(15)10(14(18)19)7-13(12)17(20)21/h7-9H,2-6H2,1H3,(H,18,19). The van der Waals surface area contributed by atoms with E-state index in [1.165, 1.54) is 0 Å². The van der Waals surface area contributed by atoms with Gasteiger partial charge >= 0.3 is 5.97 Å². The maximum absolute atomic E-state index is 13.8. The Morgan fingerprint density at radius 1 is 1.48 bits per heavy atom. The van der Waals surface area contributed by atoms with Gasteiger partial charge in [0.25, 0.3) is 5.69 Å². The molecule has 7 heteroatoms. The van der Waals surface area contributed by atoms with E-state index in [-0.39, 0.29) is 11.4 Å². The molecular weight excluding hydrogens is 279 g/mol. The first-order chi connectivity index (χ1) is 9.93. The zero-order chi connectivity index (χ0) is 15.6. The molecule has 1 heterocycles. The fourth-order valence-corrected chi connectivity index (χ4v) is 2.70. The van der Waals surface area contributed by atoms with Crippen molar-refractivity contribution < 1.29 is 19.2 Å². The van der Waals surface area contributed by atoms with Crippen LogP contribution in [0.1, 0.15) is 36.5 Å². The molecule has 1 aromatic rings. The van der Waals surface area contributed by atoms with E-state index in [0.29, 0.717) is 19.0 Å². The number of piperidine rings is 1. The van der Waals surface area contributed by atoms with Gasteiger partial charge < -0.3 is 10.0 Å². The third-order valence-corrected chi connectivity index (χ3v) is 4.02. The zero-order valence-electron chi connectivity index (χ0n) is 11.7. The van der Waals surface area contributed by atoms with Gasteiger partial charge in [-0.3, -0.25) is 10.1 Å². The van der Waals surface area contributed by atoms with Gasteiger partial charge in [-0.1, -0.05) is 13.3 Å². The summed E-state index contributed by atoms with van der Waals surface area (Å²) in [7, 11) is 0. The number of carboxylic acid groups (broad SMARTS) is 1. The molecule has 0 aromatic heterocycles.